The number of alkyl halides is 1. The van der Waals surface area contributed by atoms with E-state index in [2.05, 4.69) is 37.6 Å². The summed E-state index contributed by atoms with van der Waals surface area (Å²) in [6.07, 6.45) is 4.70. The summed E-state index contributed by atoms with van der Waals surface area (Å²) in [5.74, 6) is 0.525. The van der Waals surface area contributed by atoms with Gasteiger partial charge in [0.2, 0.25) is 0 Å². The molecule has 2 fully saturated rings. The number of nitriles is 1. The summed E-state index contributed by atoms with van der Waals surface area (Å²) in [7, 11) is 0. The molecule has 2 saturated heterocycles. The van der Waals surface area contributed by atoms with Gasteiger partial charge in [0.15, 0.2) is 0 Å². The predicted octanol–water partition coefficient (Wildman–Crippen LogP) is 3.82. The van der Waals surface area contributed by atoms with E-state index in [4.69, 9.17) is 11.0 Å². The second-order valence-electron chi connectivity index (χ2n) is 9.80. The molecule has 9 nitrogen and oxygen atoms in total. The SMILES string of the molecule is N#Cc1ccc(N2CC[C@@H](Nc3cc(Nc4ccc(CN5CCCC5)cc4)ncc3C(N)=O)[C@@H](F)C2)nc1. The summed E-state index contributed by atoms with van der Waals surface area (Å²) >= 11 is 0. The van der Waals surface area contributed by atoms with Crippen LogP contribution in [0.4, 0.5) is 27.4 Å². The maximum absolute atomic E-state index is 15.2. The molecular weight excluding hydrogens is 483 g/mol. The molecule has 196 valence electrons. The third kappa shape index (κ3) is 6.01. The summed E-state index contributed by atoms with van der Waals surface area (Å²) in [5.41, 5.74) is 8.82. The highest BCUT2D eigenvalue weighted by Gasteiger charge is 2.30. The van der Waals surface area contributed by atoms with Gasteiger partial charge in [-0.25, -0.2) is 14.4 Å². The van der Waals surface area contributed by atoms with Crippen LogP contribution in [0.2, 0.25) is 0 Å². The lowest BCUT2D eigenvalue weighted by molar-refractivity contribution is 0.100. The van der Waals surface area contributed by atoms with Gasteiger partial charge in [-0.15, -0.1) is 0 Å². The normalized spacial score (nSPS) is 19.6. The van der Waals surface area contributed by atoms with E-state index in [0.29, 0.717) is 35.9 Å². The minimum Gasteiger partial charge on any atom is -0.378 e. The number of benzene rings is 1. The first-order valence-electron chi connectivity index (χ1n) is 12.9. The van der Waals surface area contributed by atoms with Gasteiger partial charge in [-0.1, -0.05) is 12.1 Å². The van der Waals surface area contributed by atoms with Crippen molar-refractivity contribution >= 4 is 28.9 Å². The van der Waals surface area contributed by atoms with Gasteiger partial charge in [-0.3, -0.25) is 9.69 Å². The Balaban J connectivity index is 1.25. The monoisotopic (exact) mass is 514 g/mol. The number of pyridine rings is 2. The topological polar surface area (TPSA) is 123 Å². The third-order valence-corrected chi connectivity index (χ3v) is 7.08. The number of primary amides is 1. The van der Waals surface area contributed by atoms with Crippen molar-refractivity contribution in [2.24, 2.45) is 5.73 Å². The molecule has 2 aliphatic heterocycles. The van der Waals surface area contributed by atoms with Crippen molar-refractivity contribution < 1.29 is 9.18 Å². The Hall–Kier alpha value is -4.23. The van der Waals surface area contributed by atoms with Crippen LogP contribution < -0.4 is 21.3 Å². The van der Waals surface area contributed by atoms with E-state index < -0.39 is 18.1 Å². The molecule has 0 bridgehead atoms. The summed E-state index contributed by atoms with van der Waals surface area (Å²) < 4.78 is 15.2. The molecule has 1 aromatic carbocycles. The lowest BCUT2D eigenvalue weighted by Crippen LogP contribution is -2.48. The van der Waals surface area contributed by atoms with Gasteiger partial charge < -0.3 is 21.3 Å². The quantitative estimate of drug-likeness (QED) is 0.415. The van der Waals surface area contributed by atoms with Crippen LogP contribution >= 0.6 is 0 Å². The standard InChI is InChI=1S/C28H31FN8O/c29-23-18-37(27-8-5-20(14-30)15-33-27)12-9-24(23)35-25-13-26(32-16-22(25)28(31)38)34-21-6-3-19(4-7-21)17-36-10-1-2-11-36/h3-8,13,15-16,23-24H,1-2,9-12,17-18H2,(H2,31,38)(H2,32,34,35)/t23-,24+/m0/s1. The Morgan fingerprint density at radius 2 is 1.89 bits per heavy atom. The molecule has 0 radical (unpaired) electrons. The maximum Gasteiger partial charge on any atom is 0.252 e. The molecule has 0 spiro atoms. The first-order valence-corrected chi connectivity index (χ1v) is 12.9. The molecule has 0 saturated carbocycles. The van der Waals surface area contributed by atoms with E-state index in [1.165, 1.54) is 30.8 Å². The Morgan fingerprint density at radius 3 is 2.55 bits per heavy atom. The first-order chi connectivity index (χ1) is 18.5. The van der Waals surface area contributed by atoms with Gasteiger partial charge in [0.05, 0.1) is 29.4 Å². The zero-order valence-electron chi connectivity index (χ0n) is 21.1. The van der Waals surface area contributed by atoms with E-state index in [1.54, 1.807) is 18.2 Å². The van der Waals surface area contributed by atoms with Crippen molar-refractivity contribution in [3.05, 3.63) is 71.5 Å². The van der Waals surface area contributed by atoms with Crippen LogP contribution in [-0.2, 0) is 6.54 Å². The van der Waals surface area contributed by atoms with Crippen molar-refractivity contribution in [1.82, 2.24) is 14.9 Å². The molecule has 0 unspecified atom stereocenters. The second kappa shape index (κ2) is 11.4. The number of hydrogen-bond donors (Lipinski definition) is 3. The predicted molar refractivity (Wildman–Crippen MR) is 145 cm³/mol. The average molecular weight is 515 g/mol. The van der Waals surface area contributed by atoms with Crippen LogP contribution in [-0.4, -0.2) is 59.2 Å². The fourth-order valence-corrected chi connectivity index (χ4v) is 4.99. The fourth-order valence-electron chi connectivity index (χ4n) is 4.99. The van der Waals surface area contributed by atoms with E-state index in [0.717, 1.165) is 25.3 Å². The number of nitrogens with one attached hydrogen (secondary N) is 2. The smallest absolute Gasteiger partial charge is 0.252 e. The number of amides is 1. The van der Waals surface area contributed by atoms with E-state index >= 15 is 4.39 Å². The average Bonchev–Trinajstić information content (AvgIpc) is 3.44. The molecule has 2 aromatic heterocycles. The molecular formula is C28H31FN8O. The highest BCUT2D eigenvalue weighted by atomic mass is 19.1. The number of halogens is 1. The summed E-state index contributed by atoms with van der Waals surface area (Å²) in [6.45, 7) is 3.96. The van der Waals surface area contributed by atoms with Crippen molar-refractivity contribution in [2.45, 2.75) is 38.0 Å². The van der Waals surface area contributed by atoms with Crippen molar-refractivity contribution in [3.8, 4) is 6.07 Å². The number of anilines is 4. The van der Waals surface area contributed by atoms with Gasteiger partial charge in [0.1, 0.15) is 23.9 Å². The molecule has 2 atom stereocenters. The first kappa shape index (κ1) is 25.4. The fraction of sp³-hybridized carbons (Fsp3) is 0.357. The lowest BCUT2D eigenvalue weighted by atomic mass is 10.0. The number of carbonyl (C=O) groups is 1. The van der Waals surface area contributed by atoms with Crippen LogP contribution in [0.1, 0.15) is 40.7 Å². The zero-order valence-corrected chi connectivity index (χ0v) is 21.1. The number of hydrogen-bond acceptors (Lipinski definition) is 8. The van der Waals surface area contributed by atoms with E-state index in [-0.39, 0.29) is 12.1 Å². The van der Waals surface area contributed by atoms with Crippen molar-refractivity contribution in [1.29, 1.82) is 5.26 Å². The largest absolute Gasteiger partial charge is 0.378 e. The summed E-state index contributed by atoms with van der Waals surface area (Å²) in [6, 6.07) is 14.8. The lowest BCUT2D eigenvalue weighted by Gasteiger charge is -2.36. The number of aromatic nitrogens is 2. The molecule has 1 amide bonds. The Labute approximate surface area is 221 Å². The number of piperidine rings is 1. The van der Waals surface area contributed by atoms with Gasteiger partial charge in [0, 0.05) is 37.2 Å². The number of rotatable bonds is 8. The number of nitrogens with two attached hydrogens (primary N) is 1. The minimum absolute atomic E-state index is 0.141. The van der Waals surface area contributed by atoms with Crippen LogP contribution in [0.3, 0.4) is 0 Å². The van der Waals surface area contributed by atoms with E-state index in [1.807, 2.05) is 23.1 Å². The maximum atomic E-state index is 15.2. The summed E-state index contributed by atoms with van der Waals surface area (Å²) in [4.78, 5) is 25.0. The molecule has 2 aliphatic rings. The van der Waals surface area contributed by atoms with Gasteiger partial charge in [-0.2, -0.15) is 5.26 Å². The van der Waals surface area contributed by atoms with Crippen molar-refractivity contribution in [3.63, 3.8) is 0 Å². The highest BCUT2D eigenvalue weighted by Crippen LogP contribution is 2.27. The molecule has 0 aliphatic carbocycles. The second-order valence-corrected chi connectivity index (χ2v) is 9.80. The Kier molecular flexibility index (Phi) is 7.65. The van der Waals surface area contributed by atoms with Gasteiger partial charge in [-0.05, 0) is 62.2 Å². The molecule has 5 rings (SSSR count). The molecule has 4 N–H and O–H groups in total. The molecule has 38 heavy (non-hydrogen) atoms. The molecule has 4 heterocycles. The third-order valence-electron chi connectivity index (χ3n) is 7.08. The number of carbonyl (C=O) groups excluding carboxylic acids is 1. The highest BCUT2D eigenvalue weighted by molar-refractivity contribution is 5.98. The van der Waals surface area contributed by atoms with E-state index in [9.17, 15) is 4.79 Å². The van der Waals surface area contributed by atoms with Crippen LogP contribution in [0.15, 0.2) is 54.9 Å². The van der Waals surface area contributed by atoms with Crippen LogP contribution in [0.5, 0.6) is 0 Å². The minimum atomic E-state index is -1.21. The molecule has 10 heteroatoms. The van der Waals surface area contributed by atoms with Gasteiger partial charge >= 0.3 is 0 Å². The summed E-state index contributed by atoms with van der Waals surface area (Å²) in [5, 5.41) is 15.4. The van der Waals surface area contributed by atoms with Crippen LogP contribution in [0, 0.1) is 11.3 Å². The Morgan fingerprint density at radius 1 is 1.11 bits per heavy atom. The number of nitrogens with zero attached hydrogens (tertiary/aromatic N) is 5. The van der Waals surface area contributed by atoms with Gasteiger partial charge in [0.25, 0.3) is 5.91 Å². The van der Waals surface area contributed by atoms with Crippen LogP contribution in [0.25, 0.3) is 0 Å². The zero-order chi connectivity index (χ0) is 26.5. The number of likely N-dealkylation sites (tertiary alicyclic amines) is 1. The Bertz CT molecular complexity index is 1300. The molecule has 3 aromatic rings. The van der Waals surface area contributed by atoms with Crippen molar-refractivity contribution in [2.75, 3.05) is 41.7 Å².